The Hall–Kier alpha value is -1.78. The van der Waals surface area contributed by atoms with E-state index >= 15 is 0 Å². The summed E-state index contributed by atoms with van der Waals surface area (Å²) in [6, 6.07) is 3.45. The van der Waals surface area contributed by atoms with Gasteiger partial charge in [0.2, 0.25) is 0 Å². The maximum Gasteiger partial charge on any atom is 0.310 e. The lowest BCUT2D eigenvalue weighted by Gasteiger charge is -2.19. The predicted octanol–water partition coefficient (Wildman–Crippen LogP) is 0.896. The predicted molar refractivity (Wildman–Crippen MR) is 58.9 cm³/mol. The third-order valence-corrected chi connectivity index (χ3v) is 2.33. The average Bonchev–Trinajstić information content (AvgIpc) is 2.79. The molecule has 16 heavy (non-hydrogen) atoms. The molecule has 0 aliphatic carbocycles. The van der Waals surface area contributed by atoms with Crippen molar-refractivity contribution in [2.45, 2.75) is 6.92 Å². The number of hydrogen-bond donors (Lipinski definition) is 1. The van der Waals surface area contributed by atoms with Gasteiger partial charge in [0.05, 0.1) is 13.0 Å². The molecule has 1 amide bonds. The van der Waals surface area contributed by atoms with Crippen molar-refractivity contribution in [1.29, 1.82) is 0 Å². The van der Waals surface area contributed by atoms with Crippen molar-refractivity contribution in [3.05, 3.63) is 24.0 Å². The number of nitrogens with one attached hydrogen (secondary N) is 1. The van der Waals surface area contributed by atoms with Gasteiger partial charge in [-0.3, -0.25) is 9.59 Å². The van der Waals surface area contributed by atoms with Crippen molar-refractivity contribution in [2.24, 2.45) is 5.92 Å². The van der Waals surface area contributed by atoms with Crippen LogP contribution in [0.4, 0.5) is 0 Å². The summed E-state index contributed by atoms with van der Waals surface area (Å²) in [5.74, 6) is -0.777. The van der Waals surface area contributed by atoms with Crippen molar-refractivity contribution >= 4 is 11.9 Å². The van der Waals surface area contributed by atoms with Gasteiger partial charge in [-0.25, -0.2) is 0 Å². The highest BCUT2D eigenvalue weighted by Crippen LogP contribution is 2.05. The largest absolute Gasteiger partial charge is 0.469 e. The van der Waals surface area contributed by atoms with Crippen LogP contribution in [0.3, 0.4) is 0 Å². The molecule has 5 heteroatoms. The molecule has 1 unspecified atom stereocenters. The fourth-order valence-corrected chi connectivity index (χ4v) is 1.44. The van der Waals surface area contributed by atoms with Crippen LogP contribution in [-0.4, -0.2) is 42.5 Å². The second kappa shape index (κ2) is 5.34. The second-order valence-electron chi connectivity index (χ2n) is 3.69. The molecule has 88 valence electrons. The molecule has 0 saturated heterocycles. The lowest BCUT2D eigenvalue weighted by atomic mass is 10.1. The van der Waals surface area contributed by atoms with Crippen LogP contribution in [0.2, 0.25) is 0 Å². The van der Waals surface area contributed by atoms with Crippen LogP contribution < -0.4 is 0 Å². The Bertz CT molecular complexity index is 359. The molecule has 0 aromatic carbocycles. The smallest absolute Gasteiger partial charge is 0.310 e. The molecule has 1 atom stereocenters. The van der Waals surface area contributed by atoms with Gasteiger partial charge in [-0.2, -0.15) is 0 Å². The number of rotatable bonds is 4. The van der Waals surface area contributed by atoms with Crippen LogP contribution in [-0.2, 0) is 9.53 Å². The first kappa shape index (κ1) is 12.3. The van der Waals surface area contributed by atoms with Crippen molar-refractivity contribution < 1.29 is 14.3 Å². The van der Waals surface area contributed by atoms with Crippen LogP contribution in [0.1, 0.15) is 17.4 Å². The molecule has 0 aliphatic heterocycles. The van der Waals surface area contributed by atoms with Gasteiger partial charge in [0.15, 0.2) is 0 Å². The molecule has 1 aromatic rings. The highest BCUT2D eigenvalue weighted by Gasteiger charge is 2.19. The fourth-order valence-electron chi connectivity index (χ4n) is 1.44. The highest BCUT2D eigenvalue weighted by molar-refractivity contribution is 5.92. The van der Waals surface area contributed by atoms with Gasteiger partial charge in [-0.15, -0.1) is 0 Å². The standard InChI is InChI=1S/C11H16N2O3/c1-8(11(15)16-3)7-13(2)10(14)9-5-4-6-12-9/h4-6,8,12H,7H2,1-3H3. The number of aromatic nitrogens is 1. The van der Waals surface area contributed by atoms with E-state index < -0.39 is 0 Å². The minimum atomic E-state index is -0.325. The summed E-state index contributed by atoms with van der Waals surface area (Å²) in [5, 5.41) is 0. The highest BCUT2D eigenvalue weighted by atomic mass is 16.5. The van der Waals surface area contributed by atoms with E-state index in [1.807, 2.05) is 0 Å². The van der Waals surface area contributed by atoms with Crippen LogP contribution in [0.15, 0.2) is 18.3 Å². The Labute approximate surface area is 94.4 Å². The van der Waals surface area contributed by atoms with Gasteiger partial charge in [-0.05, 0) is 12.1 Å². The summed E-state index contributed by atoms with van der Waals surface area (Å²) in [7, 11) is 2.99. The molecule has 1 rings (SSSR count). The molecular formula is C11H16N2O3. The minimum Gasteiger partial charge on any atom is -0.469 e. The maximum absolute atomic E-state index is 11.8. The van der Waals surface area contributed by atoms with E-state index in [1.54, 1.807) is 32.3 Å². The zero-order chi connectivity index (χ0) is 12.1. The van der Waals surface area contributed by atoms with Crippen LogP contribution in [0, 0.1) is 5.92 Å². The van der Waals surface area contributed by atoms with Gasteiger partial charge in [0, 0.05) is 19.8 Å². The van der Waals surface area contributed by atoms with E-state index in [9.17, 15) is 9.59 Å². The molecule has 0 fully saturated rings. The molecule has 0 bridgehead atoms. The van der Waals surface area contributed by atoms with Crippen LogP contribution in [0.5, 0.6) is 0 Å². The molecule has 0 spiro atoms. The zero-order valence-electron chi connectivity index (χ0n) is 9.69. The third-order valence-electron chi connectivity index (χ3n) is 2.33. The average molecular weight is 224 g/mol. The Balaban J connectivity index is 2.56. The number of nitrogens with zero attached hydrogens (tertiary/aromatic N) is 1. The lowest BCUT2D eigenvalue weighted by Crippen LogP contribution is -2.34. The lowest BCUT2D eigenvalue weighted by molar-refractivity contribution is -0.145. The number of carbonyl (C=O) groups is 2. The zero-order valence-corrected chi connectivity index (χ0v) is 9.69. The molecule has 0 radical (unpaired) electrons. The van der Waals surface area contributed by atoms with Crippen LogP contribution >= 0.6 is 0 Å². The number of ether oxygens (including phenoxy) is 1. The van der Waals surface area contributed by atoms with E-state index in [-0.39, 0.29) is 17.8 Å². The number of methoxy groups -OCH3 is 1. The summed E-state index contributed by atoms with van der Waals surface area (Å²) in [5.41, 5.74) is 0.513. The van der Waals surface area contributed by atoms with Crippen molar-refractivity contribution in [1.82, 2.24) is 9.88 Å². The van der Waals surface area contributed by atoms with Crippen molar-refractivity contribution in [2.75, 3.05) is 20.7 Å². The van der Waals surface area contributed by atoms with E-state index in [2.05, 4.69) is 9.72 Å². The van der Waals surface area contributed by atoms with Gasteiger partial charge < -0.3 is 14.6 Å². The number of esters is 1. The Morgan fingerprint density at radius 2 is 2.25 bits per heavy atom. The summed E-state index contributed by atoms with van der Waals surface area (Å²) >= 11 is 0. The van der Waals surface area contributed by atoms with Gasteiger partial charge in [0.1, 0.15) is 5.69 Å². The Morgan fingerprint density at radius 1 is 1.56 bits per heavy atom. The van der Waals surface area contributed by atoms with Gasteiger partial charge in [0.25, 0.3) is 5.91 Å². The van der Waals surface area contributed by atoms with Gasteiger partial charge in [-0.1, -0.05) is 6.92 Å². The summed E-state index contributed by atoms with van der Waals surface area (Å²) in [4.78, 5) is 27.3. The number of aromatic amines is 1. The first-order chi connectivity index (χ1) is 7.56. The molecule has 0 aliphatic rings. The summed E-state index contributed by atoms with van der Waals surface area (Å²) in [6.45, 7) is 2.06. The summed E-state index contributed by atoms with van der Waals surface area (Å²) < 4.78 is 4.60. The number of amides is 1. The monoisotopic (exact) mass is 224 g/mol. The first-order valence-electron chi connectivity index (χ1n) is 5.03. The first-order valence-corrected chi connectivity index (χ1v) is 5.03. The number of H-pyrrole nitrogens is 1. The van der Waals surface area contributed by atoms with Crippen molar-refractivity contribution in [3.8, 4) is 0 Å². The normalized spacial score (nSPS) is 11.9. The molecule has 1 N–H and O–H groups in total. The topological polar surface area (TPSA) is 62.4 Å². The quantitative estimate of drug-likeness (QED) is 0.773. The van der Waals surface area contributed by atoms with Gasteiger partial charge >= 0.3 is 5.97 Å². The molecule has 1 aromatic heterocycles. The third kappa shape index (κ3) is 2.85. The maximum atomic E-state index is 11.8. The molecule has 5 nitrogen and oxygen atoms in total. The second-order valence-corrected chi connectivity index (χ2v) is 3.69. The van der Waals surface area contributed by atoms with E-state index in [1.165, 1.54) is 12.0 Å². The van der Waals surface area contributed by atoms with E-state index in [4.69, 9.17) is 0 Å². The molecule has 1 heterocycles. The van der Waals surface area contributed by atoms with E-state index in [0.29, 0.717) is 12.2 Å². The van der Waals surface area contributed by atoms with E-state index in [0.717, 1.165) is 0 Å². The Kier molecular flexibility index (Phi) is 4.10. The molecule has 0 saturated carbocycles. The molecular weight excluding hydrogens is 208 g/mol. The fraction of sp³-hybridized carbons (Fsp3) is 0.455. The number of carbonyl (C=O) groups excluding carboxylic acids is 2. The number of hydrogen-bond acceptors (Lipinski definition) is 3. The van der Waals surface area contributed by atoms with Crippen LogP contribution in [0.25, 0.3) is 0 Å². The SMILES string of the molecule is COC(=O)C(C)CN(C)C(=O)c1ccc[nH]1. The van der Waals surface area contributed by atoms with Crippen molar-refractivity contribution in [3.63, 3.8) is 0 Å². The minimum absolute atomic E-state index is 0.138. The Morgan fingerprint density at radius 3 is 2.75 bits per heavy atom. The summed E-state index contributed by atoms with van der Waals surface area (Å²) in [6.07, 6.45) is 1.69.